The summed E-state index contributed by atoms with van der Waals surface area (Å²) in [5.41, 5.74) is 1.47. The molecule has 0 unspecified atom stereocenters. The fraction of sp³-hybridized carbons (Fsp3) is 0.190. The van der Waals surface area contributed by atoms with E-state index in [0.717, 1.165) is 0 Å². The summed E-state index contributed by atoms with van der Waals surface area (Å²) in [7, 11) is 0. The molecule has 0 atom stereocenters. The molecule has 1 saturated heterocycles. The molecule has 1 aromatic carbocycles. The second-order valence-corrected chi connectivity index (χ2v) is 6.91. The van der Waals surface area contributed by atoms with Crippen LogP contribution in [0.25, 0.3) is 16.6 Å². The minimum absolute atomic E-state index is 0.0967. The number of fused-ring (bicyclic) bond motifs is 2. The van der Waals surface area contributed by atoms with Crippen molar-refractivity contribution in [2.75, 3.05) is 31.1 Å². The van der Waals surface area contributed by atoms with Gasteiger partial charge in [-0.25, -0.2) is 15.0 Å². The third-order valence-corrected chi connectivity index (χ3v) is 5.16. The highest BCUT2D eigenvalue weighted by molar-refractivity contribution is 5.94. The average molecular weight is 386 g/mol. The number of carbonyl (C=O) groups excluding carboxylic acids is 1. The molecule has 1 amide bonds. The van der Waals surface area contributed by atoms with Gasteiger partial charge in [0.1, 0.15) is 5.65 Å². The quantitative estimate of drug-likeness (QED) is 0.487. The number of rotatable bonds is 2. The van der Waals surface area contributed by atoms with Gasteiger partial charge < -0.3 is 9.80 Å². The first-order valence-electron chi connectivity index (χ1n) is 9.43. The summed E-state index contributed by atoms with van der Waals surface area (Å²) < 4.78 is 1.45. The maximum absolute atomic E-state index is 13.0. The highest BCUT2D eigenvalue weighted by Crippen LogP contribution is 2.14. The molecule has 0 radical (unpaired) electrons. The number of para-hydroxylation sites is 1. The zero-order valence-electron chi connectivity index (χ0n) is 15.6. The molecule has 3 aromatic heterocycles. The number of hydrogen-bond donors (Lipinski definition) is 0. The molecule has 4 aromatic rings. The van der Waals surface area contributed by atoms with Gasteiger partial charge in [0.25, 0.3) is 11.5 Å². The molecule has 1 aliphatic rings. The first kappa shape index (κ1) is 17.3. The first-order chi connectivity index (χ1) is 14.2. The molecule has 5 rings (SSSR count). The summed E-state index contributed by atoms with van der Waals surface area (Å²) >= 11 is 0. The lowest BCUT2D eigenvalue weighted by Gasteiger charge is -2.34. The number of piperazine rings is 1. The Balaban J connectivity index is 1.41. The van der Waals surface area contributed by atoms with Crippen LogP contribution in [0, 0.1) is 0 Å². The lowest BCUT2D eigenvalue weighted by atomic mass is 10.2. The van der Waals surface area contributed by atoms with E-state index in [4.69, 9.17) is 0 Å². The van der Waals surface area contributed by atoms with Crippen LogP contribution in [0.1, 0.15) is 10.4 Å². The number of anilines is 1. The topological polar surface area (TPSA) is 83.7 Å². The van der Waals surface area contributed by atoms with E-state index in [-0.39, 0.29) is 11.5 Å². The van der Waals surface area contributed by atoms with Crippen molar-refractivity contribution in [3.8, 4) is 0 Å². The van der Waals surface area contributed by atoms with E-state index in [9.17, 15) is 9.59 Å². The zero-order chi connectivity index (χ0) is 19.8. The lowest BCUT2D eigenvalue weighted by molar-refractivity contribution is 0.0745. The van der Waals surface area contributed by atoms with E-state index < -0.39 is 0 Å². The van der Waals surface area contributed by atoms with E-state index in [1.807, 2.05) is 18.2 Å². The van der Waals surface area contributed by atoms with E-state index in [2.05, 4.69) is 19.9 Å². The molecule has 0 N–H and O–H groups in total. The Morgan fingerprint density at radius 2 is 1.66 bits per heavy atom. The number of nitrogens with zero attached hydrogens (tertiary/aromatic N) is 6. The fourth-order valence-corrected chi connectivity index (χ4v) is 3.62. The molecule has 8 nitrogen and oxygen atoms in total. The highest BCUT2D eigenvalue weighted by atomic mass is 16.2. The Kier molecular flexibility index (Phi) is 4.16. The van der Waals surface area contributed by atoms with E-state index >= 15 is 0 Å². The van der Waals surface area contributed by atoms with E-state index in [0.29, 0.717) is 54.2 Å². The van der Waals surface area contributed by atoms with Crippen LogP contribution in [0.4, 0.5) is 5.95 Å². The van der Waals surface area contributed by atoms with Gasteiger partial charge >= 0.3 is 0 Å². The molecule has 1 aliphatic heterocycles. The Bertz CT molecular complexity index is 1260. The maximum Gasteiger partial charge on any atom is 0.265 e. The first-order valence-corrected chi connectivity index (χ1v) is 9.43. The second kappa shape index (κ2) is 6.97. The molecule has 8 heteroatoms. The summed E-state index contributed by atoms with van der Waals surface area (Å²) in [5, 5.41) is 0.533. The van der Waals surface area contributed by atoms with Gasteiger partial charge in [0.15, 0.2) is 0 Å². The van der Waals surface area contributed by atoms with Gasteiger partial charge in [-0.3, -0.25) is 14.0 Å². The Morgan fingerprint density at radius 1 is 0.897 bits per heavy atom. The van der Waals surface area contributed by atoms with Crippen molar-refractivity contribution in [2.45, 2.75) is 0 Å². The molecule has 4 heterocycles. The minimum atomic E-state index is -0.175. The Morgan fingerprint density at radius 3 is 2.45 bits per heavy atom. The van der Waals surface area contributed by atoms with Crippen LogP contribution in [0.15, 0.2) is 65.8 Å². The van der Waals surface area contributed by atoms with Gasteiger partial charge in [-0.1, -0.05) is 12.1 Å². The van der Waals surface area contributed by atoms with Gasteiger partial charge in [-0.2, -0.15) is 0 Å². The Hall–Kier alpha value is -3.81. The Labute approximate surface area is 166 Å². The predicted octanol–water partition coefficient (Wildman–Crippen LogP) is 1.60. The molecule has 0 bridgehead atoms. The lowest BCUT2D eigenvalue weighted by Crippen LogP contribution is -2.49. The molecular formula is C21H18N6O2. The van der Waals surface area contributed by atoms with Crippen molar-refractivity contribution >= 4 is 28.4 Å². The zero-order valence-corrected chi connectivity index (χ0v) is 15.6. The largest absolute Gasteiger partial charge is 0.337 e. The summed E-state index contributed by atoms with van der Waals surface area (Å²) in [6.07, 6.45) is 5.01. The van der Waals surface area contributed by atoms with Crippen molar-refractivity contribution in [2.24, 2.45) is 0 Å². The minimum Gasteiger partial charge on any atom is -0.337 e. The molecule has 144 valence electrons. The predicted molar refractivity (Wildman–Crippen MR) is 109 cm³/mol. The molecule has 0 spiro atoms. The van der Waals surface area contributed by atoms with Gasteiger partial charge in [0.2, 0.25) is 5.95 Å². The van der Waals surface area contributed by atoms with Crippen molar-refractivity contribution < 1.29 is 4.79 Å². The molecule has 29 heavy (non-hydrogen) atoms. The number of benzene rings is 1. The summed E-state index contributed by atoms with van der Waals surface area (Å²) in [5.74, 6) is 0.579. The highest BCUT2D eigenvalue weighted by Gasteiger charge is 2.23. The number of pyridine rings is 1. The summed E-state index contributed by atoms with van der Waals surface area (Å²) in [4.78, 5) is 42.7. The van der Waals surface area contributed by atoms with Crippen molar-refractivity contribution in [3.05, 3.63) is 77.0 Å². The van der Waals surface area contributed by atoms with Crippen LogP contribution in [0.5, 0.6) is 0 Å². The molecule has 0 aliphatic carbocycles. The number of aromatic nitrogens is 4. The second-order valence-electron chi connectivity index (χ2n) is 6.91. The average Bonchev–Trinajstić information content (AvgIpc) is 2.79. The van der Waals surface area contributed by atoms with Gasteiger partial charge in [-0.05, 0) is 30.3 Å². The molecule has 0 saturated carbocycles. The number of hydrogen-bond acceptors (Lipinski definition) is 6. The third kappa shape index (κ3) is 3.08. The van der Waals surface area contributed by atoms with Crippen LogP contribution >= 0.6 is 0 Å². The standard InChI is InChI=1S/C21H18N6O2/c28-19(25-10-12-26(13-11-25)21-22-8-3-9-23-21)15-6-7-18-24-17-5-2-1-4-16(17)20(29)27(18)14-15/h1-9,14H,10-13H2. The summed E-state index contributed by atoms with van der Waals surface area (Å²) in [6.45, 7) is 2.46. The van der Waals surface area contributed by atoms with Crippen molar-refractivity contribution in [3.63, 3.8) is 0 Å². The van der Waals surface area contributed by atoms with Crippen LogP contribution in [0.3, 0.4) is 0 Å². The normalized spacial score (nSPS) is 14.5. The molecular weight excluding hydrogens is 368 g/mol. The smallest absolute Gasteiger partial charge is 0.265 e. The van der Waals surface area contributed by atoms with Crippen LogP contribution in [-0.4, -0.2) is 56.3 Å². The number of amides is 1. The van der Waals surface area contributed by atoms with Crippen LogP contribution in [0.2, 0.25) is 0 Å². The SMILES string of the molecule is O=C(c1ccc2nc3ccccc3c(=O)n2c1)N1CCN(c2ncccn2)CC1. The summed E-state index contributed by atoms with van der Waals surface area (Å²) in [6, 6.07) is 12.4. The van der Waals surface area contributed by atoms with Gasteiger partial charge in [0, 0.05) is 44.8 Å². The van der Waals surface area contributed by atoms with Crippen LogP contribution < -0.4 is 10.5 Å². The number of carbonyl (C=O) groups is 1. The third-order valence-electron chi connectivity index (χ3n) is 5.16. The van der Waals surface area contributed by atoms with Gasteiger partial charge in [-0.15, -0.1) is 0 Å². The van der Waals surface area contributed by atoms with Crippen molar-refractivity contribution in [1.82, 2.24) is 24.3 Å². The monoisotopic (exact) mass is 386 g/mol. The van der Waals surface area contributed by atoms with E-state index in [1.54, 1.807) is 47.8 Å². The van der Waals surface area contributed by atoms with Crippen molar-refractivity contribution in [1.29, 1.82) is 0 Å². The van der Waals surface area contributed by atoms with Crippen LogP contribution in [-0.2, 0) is 0 Å². The van der Waals surface area contributed by atoms with Gasteiger partial charge in [0.05, 0.1) is 16.5 Å². The molecule has 1 fully saturated rings. The maximum atomic E-state index is 13.0. The fourth-order valence-electron chi connectivity index (χ4n) is 3.62. The van der Waals surface area contributed by atoms with E-state index in [1.165, 1.54) is 4.40 Å².